The lowest BCUT2D eigenvalue weighted by Gasteiger charge is -2.41. The molecular formula is C18H16F4N4O2. The molecule has 3 N–H and O–H groups in total. The molecule has 1 saturated carbocycles. The maximum absolute atomic E-state index is 14.4. The number of aromatic nitrogens is 3. The van der Waals surface area contributed by atoms with E-state index in [4.69, 9.17) is 0 Å². The summed E-state index contributed by atoms with van der Waals surface area (Å²) in [5.41, 5.74) is -2.21. The number of anilines is 1. The lowest BCUT2D eigenvalue weighted by Crippen LogP contribution is -2.48. The van der Waals surface area contributed by atoms with Gasteiger partial charge in [0.2, 0.25) is 5.95 Å². The standard InChI is InChI=1S/C18H16F4N4O2/c1-17(28)7-10(8-17)23-16-25-24-15(12-3-2-4-26(12)16)14-11(19)5-9(6-13(14)27)18(20,21)22/h2-6,10,27-28H,7-8H2,1H3,(H,23,25). The van der Waals surface area contributed by atoms with Crippen molar-refractivity contribution < 1.29 is 27.8 Å². The van der Waals surface area contributed by atoms with Crippen LogP contribution in [0.5, 0.6) is 5.75 Å². The van der Waals surface area contributed by atoms with E-state index in [0.29, 0.717) is 36.4 Å². The summed E-state index contributed by atoms with van der Waals surface area (Å²) in [6.07, 6.45) is -2.11. The Morgan fingerprint density at radius 2 is 1.96 bits per heavy atom. The summed E-state index contributed by atoms with van der Waals surface area (Å²) in [7, 11) is 0. The molecule has 2 aromatic heterocycles. The second kappa shape index (κ2) is 6.06. The van der Waals surface area contributed by atoms with Crippen molar-refractivity contribution in [2.24, 2.45) is 0 Å². The molecule has 0 radical (unpaired) electrons. The Morgan fingerprint density at radius 1 is 1.25 bits per heavy atom. The number of benzene rings is 1. The number of aliphatic hydroxyl groups is 1. The second-order valence-electron chi connectivity index (χ2n) is 7.23. The first-order chi connectivity index (χ1) is 13.0. The SMILES string of the molecule is CC1(O)CC(Nc2nnc(-c3c(O)cc(C(F)(F)F)cc3F)c3cccn23)C1. The Bertz CT molecular complexity index is 1030. The number of hydrogen-bond acceptors (Lipinski definition) is 5. The Morgan fingerprint density at radius 3 is 2.57 bits per heavy atom. The lowest BCUT2D eigenvalue weighted by atomic mass is 9.77. The number of aromatic hydroxyl groups is 1. The van der Waals surface area contributed by atoms with E-state index in [1.54, 1.807) is 29.7 Å². The highest BCUT2D eigenvalue weighted by Crippen LogP contribution is 2.40. The molecule has 28 heavy (non-hydrogen) atoms. The monoisotopic (exact) mass is 396 g/mol. The van der Waals surface area contributed by atoms with E-state index in [1.165, 1.54) is 0 Å². The first-order valence-electron chi connectivity index (χ1n) is 8.48. The van der Waals surface area contributed by atoms with Crippen LogP contribution in [0.4, 0.5) is 23.5 Å². The van der Waals surface area contributed by atoms with Crippen LogP contribution < -0.4 is 5.32 Å². The molecule has 0 amide bonds. The van der Waals surface area contributed by atoms with Gasteiger partial charge in [0.1, 0.15) is 17.3 Å². The summed E-state index contributed by atoms with van der Waals surface area (Å²) >= 11 is 0. The number of phenolic OH excluding ortho intramolecular Hbond substituents is 1. The van der Waals surface area contributed by atoms with Gasteiger partial charge >= 0.3 is 6.18 Å². The molecule has 6 nitrogen and oxygen atoms in total. The minimum atomic E-state index is -4.79. The number of halogens is 4. The zero-order chi connectivity index (χ0) is 20.3. The lowest BCUT2D eigenvalue weighted by molar-refractivity contribution is -0.137. The Kier molecular flexibility index (Phi) is 4.00. The van der Waals surface area contributed by atoms with Gasteiger partial charge in [0.15, 0.2) is 0 Å². The average molecular weight is 396 g/mol. The molecule has 0 spiro atoms. The number of nitrogens with one attached hydrogen (secondary N) is 1. The zero-order valence-corrected chi connectivity index (χ0v) is 14.6. The van der Waals surface area contributed by atoms with E-state index >= 15 is 0 Å². The number of fused-ring (bicyclic) bond motifs is 1. The van der Waals surface area contributed by atoms with Gasteiger partial charge in [-0.05, 0) is 44.0 Å². The molecule has 0 atom stereocenters. The van der Waals surface area contributed by atoms with E-state index in [1.807, 2.05) is 0 Å². The quantitative estimate of drug-likeness (QED) is 0.590. The molecule has 0 unspecified atom stereocenters. The number of alkyl halides is 3. The molecule has 2 heterocycles. The summed E-state index contributed by atoms with van der Waals surface area (Å²) in [5, 5.41) is 30.9. The first kappa shape index (κ1) is 18.5. The van der Waals surface area contributed by atoms with Crippen LogP contribution in [0.25, 0.3) is 16.8 Å². The molecule has 1 aliphatic carbocycles. The van der Waals surface area contributed by atoms with Crippen LogP contribution in [-0.2, 0) is 6.18 Å². The maximum atomic E-state index is 14.4. The summed E-state index contributed by atoms with van der Waals surface area (Å²) in [5.74, 6) is -1.78. The molecule has 0 aliphatic heterocycles. The van der Waals surface area contributed by atoms with Crippen molar-refractivity contribution in [3.63, 3.8) is 0 Å². The normalized spacial score (nSPS) is 22.3. The van der Waals surface area contributed by atoms with Gasteiger partial charge in [-0.1, -0.05) is 0 Å². The average Bonchev–Trinajstić information content (AvgIpc) is 3.03. The topological polar surface area (TPSA) is 82.7 Å². The summed E-state index contributed by atoms with van der Waals surface area (Å²) in [6.45, 7) is 1.72. The molecule has 0 saturated heterocycles. The van der Waals surface area contributed by atoms with E-state index in [2.05, 4.69) is 15.5 Å². The third kappa shape index (κ3) is 3.13. The smallest absolute Gasteiger partial charge is 0.416 e. The van der Waals surface area contributed by atoms with Gasteiger partial charge < -0.3 is 15.5 Å². The summed E-state index contributed by atoms with van der Waals surface area (Å²) in [6, 6.07) is 3.99. The first-order valence-corrected chi connectivity index (χ1v) is 8.48. The van der Waals surface area contributed by atoms with E-state index in [9.17, 15) is 27.8 Å². The second-order valence-corrected chi connectivity index (χ2v) is 7.23. The Hall–Kier alpha value is -2.88. The minimum absolute atomic E-state index is 0.0167. The largest absolute Gasteiger partial charge is 0.507 e. The van der Waals surface area contributed by atoms with Crippen molar-refractivity contribution in [1.29, 1.82) is 0 Å². The van der Waals surface area contributed by atoms with E-state index in [0.717, 1.165) is 0 Å². The predicted octanol–water partition coefficient (Wildman–Crippen LogP) is 3.59. The summed E-state index contributed by atoms with van der Waals surface area (Å²) < 4.78 is 54.5. The molecule has 1 fully saturated rings. The van der Waals surface area contributed by atoms with Crippen molar-refractivity contribution in [1.82, 2.24) is 14.6 Å². The number of rotatable bonds is 3. The molecule has 0 bridgehead atoms. The fourth-order valence-electron chi connectivity index (χ4n) is 3.51. The summed E-state index contributed by atoms with van der Waals surface area (Å²) in [4.78, 5) is 0. The highest BCUT2D eigenvalue weighted by molar-refractivity contribution is 5.81. The van der Waals surface area contributed by atoms with Crippen molar-refractivity contribution >= 4 is 11.5 Å². The predicted molar refractivity (Wildman–Crippen MR) is 92.3 cm³/mol. The third-order valence-electron chi connectivity index (χ3n) is 4.80. The molecule has 148 valence electrons. The fraction of sp³-hybridized carbons (Fsp3) is 0.333. The van der Waals surface area contributed by atoms with Crippen LogP contribution in [0.1, 0.15) is 25.3 Å². The molecular weight excluding hydrogens is 380 g/mol. The van der Waals surface area contributed by atoms with Crippen LogP contribution in [0, 0.1) is 5.82 Å². The highest BCUT2D eigenvalue weighted by atomic mass is 19.4. The molecule has 10 heteroatoms. The van der Waals surface area contributed by atoms with Crippen LogP contribution in [0.15, 0.2) is 30.5 Å². The molecule has 1 aliphatic rings. The van der Waals surface area contributed by atoms with Gasteiger partial charge in [-0.15, -0.1) is 10.2 Å². The van der Waals surface area contributed by atoms with Crippen LogP contribution in [-0.4, -0.2) is 36.5 Å². The molecule has 1 aromatic carbocycles. The van der Waals surface area contributed by atoms with E-state index in [-0.39, 0.29) is 11.7 Å². The zero-order valence-electron chi connectivity index (χ0n) is 14.6. The van der Waals surface area contributed by atoms with Crippen LogP contribution in [0.2, 0.25) is 0 Å². The highest BCUT2D eigenvalue weighted by Gasteiger charge is 2.39. The van der Waals surface area contributed by atoms with Gasteiger partial charge in [0.05, 0.1) is 22.2 Å². The number of nitrogens with zero attached hydrogens (tertiary/aromatic N) is 3. The Balaban J connectivity index is 1.75. The minimum Gasteiger partial charge on any atom is -0.507 e. The van der Waals surface area contributed by atoms with Gasteiger partial charge in [0, 0.05) is 12.2 Å². The number of phenols is 1. The van der Waals surface area contributed by atoms with Gasteiger partial charge in [-0.2, -0.15) is 13.2 Å². The van der Waals surface area contributed by atoms with Crippen molar-refractivity contribution in [2.45, 2.75) is 37.6 Å². The fourth-order valence-corrected chi connectivity index (χ4v) is 3.51. The van der Waals surface area contributed by atoms with Crippen LogP contribution in [0.3, 0.4) is 0 Å². The van der Waals surface area contributed by atoms with Gasteiger partial charge in [0.25, 0.3) is 0 Å². The van der Waals surface area contributed by atoms with Crippen molar-refractivity contribution in [3.05, 3.63) is 41.8 Å². The molecule has 4 rings (SSSR count). The third-order valence-corrected chi connectivity index (χ3v) is 4.80. The van der Waals surface area contributed by atoms with Crippen molar-refractivity contribution in [2.75, 3.05) is 5.32 Å². The Labute approximate surface area is 156 Å². The van der Waals surface area contributed by atoms with E-state index < -0.39 is 34.5 Å². The maximum Gasteiger partial charge on any atom is 0.416 e. The van der Waals surface area contributed by atoms with Crippen LogP contribution >= 0.6 is 0 Å². The van der Waals surface area contributed by atoms with Gasteiger partial charge in [-0.25, -0.2) is 4.39 Å². The van der Waals surface area contributed by atoms with Gasteiger partial charge in [-0.3, -0.25) is 4.40 Å². The number of hydrogen-bond donors (Lipinski definition) is 3. The molecule has 3 aromatic rings. The van der Waals surface area contributed by atoms with Crippen molar-refractivity contribution in [3.8, 4) is 17.0 Å².